The summed E-state index contributed by atoms with van der Waals surface area (Å²) in [7, 11) is 0. The van der Waals surface area contributed by atoms with E-state index in [1.807, 2.05) is 30.3 Å². The quantitative estimate of drug-likeness (QED) is 0.597. The van der Waals surface area contributed by atoms with Gasteiger partial charge in [-0.3, -0.25) is 5.10 Å². The van der Waals surface area contributed by atoms with Crippen LogP contribution in [0.5, 0.6) is 0 Å². The van der Waals surface area contributed by atoms with Crippen molar-refractivity contribution in [2.75, 3.05) is 0 Å². The van der Waals surface area contributed by atoms with Crippen LogP contribution in [0.25, 0.3) is 33.6 Å². The molecule has 4 rings (SSSR count). The minimum Gasteiger partial charge on any atom is -0.437 e. The lowest BCUT2D eigenvalue weighted by atomic mass is 10.0. The zero-order valence-electron chi connectivity index (χ0n) is 10.7. The minimum atomic E-state index is 0.562. The molecule has 3 heterocycles. The molecule has 0 saturated heterocycles. The number of halogens is 1. The van der Waals surface area contributed by atoms with Gasteiger partial charge in [0.15, 0.2) is 0 Å². The van der Waals surface area contributed by atoms with Crippen LogP contribution in [0.3, 0.4) is 0 Å². The summed E-state index contributed by atoms with van der Waals surface area (Å²) in [6.45, 7) is 0. The number of nitrogens with zero attached hydrogens (tertiary/aromatic N) is 3. The smallest absolute Gasteiger partial charge is 0.230 e. The SMILES string of the molecule is Brc1[nH]ncc1-c1c(-c2ccccc2)oc2ncncc12. The van der Waals surface area contributed by atoms with Crippen LogP contribution in [0.1, 0.15) is 0 Å². The van der Waals surface area contributed by atoms with E-state index in [9.17, 15) is 0 Å². The lowest BCUT2D eigenvalue weighted by Crippen LogP contribution is -1.81. The van der Waals surface area contributed by atoms with E-state index >= 15 is 0 Å². The Morgan fingerprint density at radius 3 is 2.71 bits per heavy atom. The van der Waals surface area contributed by atoms with Gasteiger partial charge in [-0.1, -0.05) is 30.3 Å². The van der Waals surface area contributed by atoms with Crippen molar-refractivity contribution in [2.24, 2.45) is 0 Å². The molecule has 5 nitrogen and oxygen atoms in total. The second kappa shape index (κ2) is 4.82. The first kappa shape index (κ1) is 12.3. The molecule has 4 aromatic rings. The zero-order valence-corrected chi connectivity index (χ0v) is 12.3. The van der Waals surface area contributed by atoms with Crippen LogP contribution < -0.4 is 0 Å². The van der Waals surface area contributed by atoms with Crippen molar-refractivity contribution >= 4 is 27.0 Å². The van der Waals surface area contributed by atoms with Crippen LogP contribution in [0, 0.1) is 0 Å². The molecule has 0 aliphatic rings. The Balaban J connectivity index is 2.09. The first-order valence-electron chi connectivity index (χ1n) is 6.32. The highest BCUT2D eigenvalue weighted by molar-refractivity contribution is 9.10. The third-order valence-electron chi connectivity index (χ3n) is 3.27. The number of furan rings is 1. The molecule has 0 bridgehead atoms. The molecule has 0 unspecified atom stereocenters. The van der Waals surface area contributed by atoms with Gasteiger partial charge in [0.25, 0.3) is 0 Å². The summed E-state index contributed by atoms with van der Waals surface area (Å²) >= 11 is 3.48. The van der Waals surface area contributed by atoms with E-state index in [1.54, 1.807) is 12.4 Å². The maximum Gasteiger partial charge on any atom is 0.230 e. The zero-order chi connectivity index (χ0) is 14.2. The summed E-state index contributed by atoms with van der Waals surface area (Å²) in [4.78, 5) is 8.31. The van der Waals surface area contributed by atoms with E-state index in [2.05, 4.69) is 36.1 Å². The molecule has 1 aromatic carbocycles. The number of hydrogen-bond donors (Lipinski definition) is 1. The lowest BCUT2D eigenvalue weighted by Gasteiger charge is -2.01. The normalized spacial score (nSPS) is 11.1. The summed E-state index contributed by atoms with van der Waals surface area (Å²) in [6, 6.07) is 9.93. The fourth-order valence-electron chi connectivity index (χ4n) is 2.35. The molecule has 0 aliphatic heterocycles. The second-order valence-corrected chi connectivity index (χ2v) is 5.30. The Morgan fingerprint density at radius 2 is 1.95 bits per heavy atom. The summed E-state index contributed by atoms with van der Waals surface area (Å²) in [5.41, 5.74) is 3.39. The number of rotatable bonds is 2. The van der Waals surface area contributed by atoms with E-state index in [0.29, 0.717) is 5.71 Å². The summed E-state index contributed by atoms with van der Waals surface area (Å²) in [6.07, 6.45) is 5.00. The molecule has 0 saturated carbocycles. The number of nitrogens with one attached hydrogen (secondary N) is 1. The Bertz CT molecular complexity index is 914. The van der Waals surface area contributed by atoms with Crippen molar-refractivity contribution in [3.8, 4) is 22.5 Å². The minimum absolute atomic E-state index is 0.562. The number of H-pyrrole nitrogens is 1. The van der Waals surface area contributed by atoms with E-state index in [0.717, 1.165) is 32.4 Å². The highest BCUT2D eigenvalue weighted by Gasteiger charge is 2.21. The molecule has 1 N–H and O–H groups in total. The van der Waals surface area contributed by atoms with Gasteiger partial charge in [-0.25, -0.2) is 9.97 Å². The van der Waals surface area contributed by atoms with Gasteiger partial charge >= 0.3 is 0 Å². The van der Waals surface area contributed by atoms with E-state index in [4.69, 9.17) is 4.42 Å². The van der Waals surface area contributed by atoms with E-state index < -0.39 is 0 Å². The van der Waals surface area contributed by atoms with Crippen LogP contribution in [0.2, 0.25) is 0 Å². The maximum atomic E-state index is 5.95. The molecule has 0 fully saturated rings. The van der Waals surface area contributed by atoms with Crippen LogP contribution in [0.4, 0.5) is 0 Å². The van der Waals surface area contributed by atoms with Gasteiger partial charge in [0.1, 0.15) is 16.7 Å². The molecule has 0 spiro atoms. The highest BCUT2D eigenvalue weighted by Crippen LogP contribution is 2.41. The first-order valence-corrected chi connectivity index (χ1v) is 7.11. The molecular weight excluding hydrogens is 332 g/mol. The number of hydrogen-bond acceptors (Lipinski definition) is 4. The first-order chi connectivity index (χ1) is 10.3. The van der Waals surface area contributed by atoms with Gasteiger partial charge in [0.05, 0.1) is 11.6 Å². The van der Waals surface area contributed by atoms with E-state index in [1.165, 1.54) is 6.33 Å². The lowest BCUT2D eigenvalue weighted by molar-refractivity contribution is 0.618. The van der Waals surface area contributed by atoms with Gasteiger partial charge in [-0.2, -0.15) is 5.10 Å². The Labute approximate surface area is 128 Å². The summed E-state index contributed by atoms with van der Waals surface area (Å²) in [5.74, 6) is 0.758. The summed E-state index contributed by atoms with van der Waals surface area (Å²) in [5, 5.41) is 7.81. The van der Waals surface area contributed by atoms with Crippen LogP contribution in [-0.2, 0) is 0 Å². The molecule has 0 amide bonds. The molecule has 3 aromatic heterocycles. The number of aromatic nitrogens is 4. The second-order valence-electron chi connectivity index (χ2n) is 4.51. The predicted molar refractivity (Wildman–Crippen MR) is 82.5 cm³/mol. The van der Waals surface area contributed by atoms with Crippen molar-refractivity contribution < 1.29 is 4.42 Å². The van der Waals surface area contributed by atoms with Crippen molar-refractivity contribution in [1.82, 2.24) is 20.2 Å². The van der Waals surface area contributed by atoms with Gasteiger partial charge in [-0.05, 0) is 15.9 Å². The molecule has 0 aliphatic carbocycles. The number of fused-ring (bicyclic) bond motifs is 1. The highest BCUT2D eigenvalue weighted by atomic mass is 79.9. The Kier molecular flexibility index (Phi) is 2.82. The van der Waals surface area contributed by atoms with Gasteiger partial charge in [0, 0.05) is 22.9 Å². The average Bonchev–Trinajstić information content (AvgIpc) is 3.11. The van der Waals surface area contributed by atoms with Gasteiger partial charge in [0.2, 0.25) is 5.71 Å². The monoisotopic (exact) mass is 340 g/mol. The van der Waals surface area contributed by atoms with Gasteiger partial charge in [-0.15, -0.1) is 0 Å². The molecular formula is C15H9BrN4O. The van der Waals surface area contributed by atoms with Crippen LogP contribution in [-0.4, -0.2) is 20.2 Å². The Hall–Kier alpha value is -2.47. The van der Waals surface area contributed by atoms with Crippen molar-refractivity contribution in [2.45, 2.75) is 0 Å². The average molecular weight is 341 g/mol. The maximum absolute atomic E-state index is 5.95. The van der Waals surface area contributed by atoms with E-state index in [-0.39, 0.29) is 0 Å². The van der Waals surface area contributed by atoms with Crippen molar-refractivity contribution in [3.63, 3.8) is 0 Å². The topological polar surface area (TPSA) is 67.6 Å². The molecule has 102 valence electrons. The van der Waals surface area contributed by atoms with Crippen molar-refractivity contribution in [1.29, 1.82) is 0 Å². The van der Waals surface area contributed by atoms with Gasteiger partial charge < -0.3 is 4.42 Å². The summed E-state index contributed by atoms with van der Waals surface area (Å²) < 4.78 is 6.75. The predicted octanol–water partition coefficient (Wildman–Crippen LogP) is 4.04. The fourth-order valence-corrected chi connectivity index (χ4v) is 2.75. The molecule has 21 heavy (non-hydrogen) atoms. The third-order valence-corrected chi connectivity index (χ3v) is 3.87. The largest absolute Gasteiger partial charge is 0.437 e. The molecule has 0 atom stereocenters. The molecule has 0 radical (unpaired) electrons. The number of benzene rings is 1. The fraction of sp³-hybridized carbons (Fsp3) is 0. The van der Waals surface area contributed by atoms with Crippen LogP contribution in [0.15, 0.2) is 58.1 Å². The number of aromatic amines is 1. The molecule has 6 heteroatoms. The van der Waals surface area contributed by atoms with Crippen molar-refractivity contribution in [3.05, 3.63) is 53.7 Å². The van der Waals surface area contributed by atoms with Crippen LogP contribution >= 0.6 is 15.9 Å². The Morgan fingerprint density at radius 1 is 1.10 bits per heavy atom. The standard InChI is InChI=1S/C15H9BrN4O/c16-14-10(7-19-20-14)12-11-6-17-8-18-15(11)21-13(12)9-4-2-1-3-5-9/h1-8H,(H,19,20). The third kappa shape index (κ3) is 1.95.